The highest BCUT2D eigenvalue weighted by atomic mass is 79.9. The standard InChI is InChI=1S/C34H43BrClN7O3.C17H11BrClNO/c1-37-12-14-40-16-20-42(21-17-40)31(44)10-11-32(45)43-22-18-41(19-23-43)15-13-38-34(46)33-28-8-5-26(35)24-30(28)39-29(33)9-4-25-2-6-27(36)7-3-25;18-12-4-7-14-15(10-21)16(20-17(14)9-12)8-3-11-1-5-13(19)6-2-11/h2-9,24,37,39H,10-23H2,1H3,(H,38,46);1-10,20H/b9-4+;8-3+. The molecule has 16 heteroatoms. The Balaban J connectivity index is 0.000000263. The second kappa shape index (κ2) is 24.3. The lowest BCUT2D eigenvalue weighted by atomic mass is 10.1. The molecule has 2 aliphatic rings. The van der Waals surface area contributed by atoms with Gasteiger partial charge in [0, 0.05) is 143 Å². The van der Waals surface area contributed by atoms with Crippen molar-refractivity contribution in [3.63, 3.8) is 0 Å². The second-order valence-corrected chi connectivity index (χ2v) is 19.1. The highest BCUT2D eigenvalue weighted by molar-refractivity contribution is 9.10. The van der Waals surface area contributed by atoms with Gasteiger partial charge in [-0.3, -0.25) is 29.0 Å². The molecule has 0 saturated carbocycles. The number of aromatic nitrogens is 2. The van der Waals surface area contributed by atoms with Gasteiger partial charge >= 0.3 is 0 Å². The first-order chi connectivity index (χ1) is 32.5. The molecule has 2 aliphatic heterocycles. The van der Waals surface area contributed by atoms with Gasteiger partial charge in [0.05, 0.1) is 11.3 Å². The van der Waals surface area contributed by atoms with Crippen LogP contribution in [0.25, 0.3) is 46.1 Å². The lowest BCUT2D eigenvalue weighted by Crippen LogP contribution is -2.51. The Hall–Kier alpha value is -5.06. The highest BCUT2D eigenvalue weighted by Gasteiger charge is 2.25. The first-order valence-corrected chi connectivity index (χ1v) is 24.7. The van der Waals surface area contributed by atoms with Crippen molar-refractivity contribution >= 4 is 125 Å². The molecule has 0 spiro atoms. The zero-order valence-electron chi connectivity index (χ0n) is 37.3. The number of halogens is 4. The first-order valence-electron chi connectivity index (χ1n) is 22.4. The lowest BCUT2D eigenvalue weighted by molar-refractivity contribution is -0.138. The van der Waals surface area contributed by atoms with E-state index in [1.165, 1.54) is 0 Å². The van der Waals surface area contributed by atoms with Crippen molar-refractivity contribution < 1.29 is 19.2 Å². The Morgan fingerprint density at radius 1 is 0.612 bits per heavy atom. The monoisotopic (exact) mass is 1070 g/mol. The number of nitrogens with one attached hydrogen (secondary N) is 4. The largest absolute Gasteiger partial charge is 0.354 e. The molecule has 0 atom stereocenters. The maximum absolute atomic E-state index is 13.5. The predicted octanol–water partition coefficient (Wildman–Crippen LogP) is 9.34. The predicted molar refractivity (Wildman–Crippen MR) is 280 cm³/mol. The van der Waals surface area contributed by atoms with Crippen LogP contribution in [0.4, 0.5) is 0 Å². The average molecular weight is 1070 g/mol. The Bertz CT molecular complexity index is 2720. The molecule has 8 rings (SSSR count). The molecule has 2 aromatic heterocycles. The summed E-state index contributed by atoms with van der Waals surface area (Å²) in [4.78, 5) is 65.4. The van der Waals surface area contributed by atoms with E-state index in [9.17, 15) is 19.2 Å². The summed E-state index contributed by atoms with van der Waals surface area (Å²) in [6.07, 6.45) is 9.13. The lowest BCUT2D eigenvalue weighted by Gasteiger charge is -2.36. The van der Waals surface area contributed by atoms with Gasteiger partial charge in [0.25, 0.3) is 5.91 Å². The molecule has 350 valence electrons. The Morgan fingerprint density at radius 2 is 1.07 bits per heavy atom. The van der Waals surface area contributed by atoms with E-state index in [0.717, 1.165) is 112 Å². The van der Waals surface area contributed by atoms with E-state index in [0.29, 0.717) is 47.4 Å². The summed E-state index contributed by atoms with van der Waals surface area (Å²) in [7, 11) is 1.95. The molecule has 6 aromatic rings. The van der Waals surface area contributed by atoms with Crippen molar-refractivity contribution in [1.29, 1.82) is 0 Å². The van der Waals surface area contributed by atoms with Gasteiger partial charge < -0.3 is 30.4 Å². The van der Waals surface area contributed by atoms with Crippen molar-refractivity contribution in [3.8, 4) is 0 Å². The summed E-state index contributed by atoms with van der Waals surface area (Å²) < 4.78 is 1.90. The molecule has 4 aromatic carbocycles. The minimum Gasteiger partial charge on any atom is -0.354 e. The van der Waals surface area contributed by atoms with Crippen LogP contribution in [0, 0.1) is 0 Å². The normalized spacial score (nSPS) is 14.8. The Labute approximate surface area is 418 Å². The summed E-state index contributed by atoms with van der Waals surface area (Å²) in [5, 5.41) is 9.42. The number of hydrogen-bond acceptors (Lipinski definition) is 7. The molecule has 0 unspecified atom stereocenters. The number of piperazine rings is 2. The van der Waals surface area contributed by atoms with Crippen LogP contribution >= 0.6 is 55.1 Å². The molecule has 12 nitrogen and oxygen atoms in total. The third-order valence-electron chi connectivity index (χ3n) is 12.0. The van der Waals surface area contributed by atoms with Gasteiger partial charge in [-0.15, -0.1) is 0 Å². The Kier molecular flexibility index (Phi) is 18.1. The number of hydrogen-bond donors (Lipinski definition) is 4. The molecule has 0 aliphatic carbocycles. The van der Waals surface area contributed by atoms with E-state index in [1.54, 1.807) is 0 Å². The average Bonchev–Trinajstić information content (AvgIpc) is 3.89. The number of aldehydes is 1. The zero-order chi connectivity index (χ0) is 47.3. The number of fused-ring (bicyclic) bond motifs is 2. The highest BCUT2D eigenvalue weighted by Crippen LogP contribution is 2.28. The van der Waals surface area contributed by atoms with Crippen molar-refractivity contribution in [2.45, 2.75) is 12.8 Å². The topological polar surface area (TPSA) is 137 Å². The van der Waals surface area contributed by atoms with Crippen molar-refractivity contribution in [2.75, 3.05) is 85.6 Å². The minimum atomic E-state index is -0.137. The van der Waals surface area contributed by atoms with E-state index in [2.05, 4.69) is 62.3 Å². The third-order valence-corrected chi connectivity index (χ3v) is 13.5. The number of H-pyrrole nitrogens is 2. The number of carbonyl (C=O) groups is 4. The van der Waals surface area contributed by atoms with Crippen LogP contribution in [-0.2, 0) is 9.59 Å². The zero-order valence-corrected chi connectivity index (χ0v) is 42.0. The Morgan fingerprint density at radius 3 is 1.58 bits per heavy atom. The smallest absolute Gasteiger partial charge is 0.254 e. The number of nitrogens with zero attached hydrogens (tertiary/aromatic N) is 4. The fourth-order valence-corrected chi connectivity index (χ4v) is 9.17. The molecule has 4 heterocycles. The van der Waals surface area contributed by atoms with Crippen LogP contribution in [-0.4, -0.2) is 139 Å². The maximum atomic E-state index is 13.5. The molecular weight excluding hydrogens is 1020 g/mol. The van der Waals surface area contributed by atoms with Gasteiger partial charge in [-0.05, 0) is 78.9 Å². The number of rotatable bonds is 15. The van der Waals surface area contributed by atoms with Crippen LogP contribution < -0.4 is 10.6 Å². The number of aromatic amines is 2. The second-order valence-electron chi connectivity index (χ2n) is 16.4. The van der Waals surface area contributed by atoms with Gasteiger partial charge in [-0.1, -0.05) is 104 Å². The number of benzene rings is 4. The molecule has 4 N–H and O–H groups in total. The molecular formula is C51H54Br2Cl2N8O4. The van der Waals surface area contributed by atoms with Gasteiger partial charge in [0.1, 0.15) is 0 Å². The van der Waals surface area contributed by atoms with Crippen molar-refractivity contribution in [1.82, 2.24) is 40.2 Å². The van der Waals surface area contributed by atoms with E-state index >= 15 is 0 Å². The molecule has 0 radical (unpaired) electrons. The number of likely N-dealkylation sites (N-methyl/N-ethyl adjacent to an activating group) is 1. The molecule has 2 saturated heterocycles. The van der Waals surface area contributed by atoms with Gasteiger partial charge in [0.2, 0.25) is 11.8 Å². The first kappa shape index (κ1) is 49.8. The molecule has 0 bridgehead atoms. The number of carbonyl (C=O) groups excluding carboxylic acids is 4. The van der Waals surface area contributed by atoms with E-state index in [-0.39, 0.29) is 30.6 Å². The van der Waals surface area contributed by atoms with Crippen LogP contribution in [0.3, 0.4) is 0 Å². The summed E-state index contributed by atoms with van der Waals surface area (Å²) >= 11 is 18.8. The SMILES string of the molecule is CNCCN1CCN(C(=O)CCC(=O)N2CCN(CCNC(=O)c3c(/C=C/c4ccc(Cl)cc4)[nH]c4cc(Br)ccc34)CC2)CC1.O=Cc1c(/C=C/c2ccc(Cl)cc2)[nH]c2cc(Br)ccc12. The fraction of sp³-hybridized carbons (Fsp3) is 0.294. The summed E-state index contributed by atoms with van der Waals surface area (Å²) in [6.45, 7) is 9.06. The summed E-state index contributed by atoms with van der Waals surface area (Å²) in [5.41, 5.74) is 6.62. The number of amides is 3. The minimum absolute atomic E-state index is 0.0408. The summed E-state index contributed by atoms with van der Waals surface area (Å²) in [6, 6.07) is 26.7. The van der Waals surface area contributed by atoms with Crippen LogP contribution in [0.5, 0.6) is 0 Å². The maximum Gasteiger partial charge on any atom is 0.254 e. The van der Waals surface area contributed by atoms with Gasteiger partial charge in [-0.25, -0.2) is 0 Å². The summed E-state index contributed by atoms with van der Waals surface area (Å²) in [5.74, 6) is -0.0243. The van der Waals surface area contributed by atoms with E-state index in [4.69, 9.17) is 23.2 Å². The van der Waals surface area contributed by atoms with E-state index in [1.807, 2.05) is 126 Å². The van der Waals surface area contributed by atoms with Crippen LogP contribution in [0.1, 0.15) is 56.1 Å². The van der Waals surface area contributed by atoms with Gasteiger partial charge in [0.15, 0.2) is 6.29 Å². The molecule has 67 heavy (non-hydrogen) atoms. The molecule has 3 amide bonds. The van der Waals surface area contributed by atoms with Crippen molar-refractivity contribution in [3.05, 3.63) is 138 Å². The van der Waals surface area contributed by atoms with Crippen LogP contribution in [0.2, 0.25) is 10.0 Å². The third kappa shape index (κ3) is 13.8. The molecule has 2 fully saturated rings. The quantitative estimate of drug-likeness (QED) is 0.0753. The fourth-order valence-electron chi connectivity index (χ4n) is 8.20. The van der Waals surface area contributed by atoms with Crippen LogP contribution in [0.15, 0.2) is 93.9 Å². The van der Waals surface area contributed by atoms with Gasteiger partial charge in [-0.2, -0.15) is 0 Å². The van der Waals surface area contributed by atoms with E-state index < -0.39 is 0 Å². The van der Waals surface area contributed by atoms with Crippen molar-refractivity contribution in [2.24, 2.45) is 0 Å².